The Kier molecular flexibility index (Phi) is 7.53. The Morgan fingerprint density at radius 1 is 0.977 bits per heavy atom. The van der Waals surface area contributed by atoms with E-state index < -0.39 is 30.6 Å². The average Bonchev–Trinajstić information content (AvgIpc) is 3.35. The molecule has 0 bridgehead atoms. The zero-order chi connectivity index (χ0) is 31.0. The van der Waals surface area contributed by atoms with Gasteiger partial charge in [0.25, 0.3) is 11.5 Å². The maximum atomic E-state index is 13.4. The summed E-state index contributed by atoms with van der Waals surface area (Å²) in [6, 6.07) is 20.0. The van der Waals surface area contributed by atoms with E-state index in [1.807, 2.05) is 12.1 Å². The Morgan fingerprint density at radius 3 is 2.36 bits per heavy atom. The van der Waals surface area contributed by atoms with Gasteiger partial charge in [-0.15, -0.1) is 0 Å². The number of carboxylic acid groups (broad SMARTS) is 1. The van der Waals surface area contributed by atoms with Crippen molar-refractivity contribution in [3.63, 3.8) is 0 Å². The van der Waals surface area contributed by atoms with Gasteiger partial charge >= 0.3 is 12.3 Å². The van der Waals surface area contributed by atoms with E-state index in [1.165, 1.54) is 0 Å². The highest BCUT2D eigenvalue weighted by atomic mass is 19.4. The van der Waals surface area contributed by atoms with E-state index in [4.69, 9.17) is 0 Å². The zero-order valence-electron chi connectivity index (χ0n) is 23.2. The van der Waals surface area contributed by atoms with Crippen molar-refractivity contribution in [2.75, 3.05) is 11.9 Å². The summed E-state index contributed by atoms with van der Waals surface area (Å²) in [7, 11) is 0. The van der Waals surface area contributed by atoms with Crippen LogP contribution in [0.25, 0.3) is 32.9 Å². The number of anilines is 1. The molecule has 6 rings (SSSR count). The fourth-order valence-electron chi connectivity index (χ4n) is 5.93. The first-order chi connectivity index (χ1) is 21.1. The topological polar surface area (TPSA) is 133 Å². The van der Waals surface area contributed by atoms with Gasteiger partial charge in [-0.3, -0.25) is 14.3 Å². The molecular weight excluding hydrogens is 577 g/mol. The summed E-state index contributed by atoms with van der Waals surface area (Å²) in [5.74, 6) is -0.724. The molecule has 10 nitrogen and oxygen atoms in total. The second kappa shape index (κ2) is 11.5. The van der Waals surface area contributed by atoms with Crippen LogP contribution >= 0.6 is 0 Å². The van der Waals surface area contributed by atoms with Crippen LogP contribution in [0.3, 0.4) is 0 Å². The molecule has 13 heteroatoms. The van der Waals surface area contributed by atoms with Crippen molar-refractivity contribution in [3.05, 3.63) is 88.8 Å². The van der Waals surface area contributed by atoms with Crippen LogP contribution in [-0.4, -0.2) is 60.7 Å². The number of aromatic nitrogens is 4. The van der Waals surface area contributed by atoms with Crippen LogP contribution in [-0.2, 0) is 6.54 Å². The minimum Gasteiger partial charge on any atom is -0.465 e. The van der Waals surface area contributed by atoms with Crippen LogP contribution in [0.1, 0.15) is 29.8 Å². The molecule has 0 radical (unpaired) electrons. The molecule has 3 heterocycles. The van der Waals surface area contributed by atoms with Gasteiger partial charge in [-0.25, -0.2) is 9.89 Å². The number of halogens is 3. The number of nitrogens with one attached hydrogen (secondary N) is 2. The quantitative estimate of drug-likeness (QED) is 0.221. The van der Waals surface area contributed by atoms with Crippen LogP contribution in [0.4, 0.5) is 23.7 Å². The first-order valence-corrected chi connectivity index (χ1v) is 14.0. The molecule has 2 amide bonds. The largest absolute Gasteiger partial charge is 0.465 e. The Labute approximate surface area is 248 Å². The lowest BCUT2D eigenvalue weighted by Gasteiger charge is -2.38. The summed E-state index contributed by atoms with van der Waals surface area (Å²) < 4.78 is 41.2. The van der Waals surface area contributed by atoms with Gasteiger partial charge in [-0.05, 0) is 43.0 Å². The second-order valence-corrected chi connectivity index (χ2v) is 10.9. The highest BCUT2D eigenvalue weighted by Gasteiger charge is 2.40. The third-order valence-electron chi connectivity index (χ3n) is 7.95. The number of fused-ring (bicyclic) bond motifs is 2. The third-order valence-corrected chi connectivity index (χ3v) is 7.95. The van der Waals surface area contributed by atoms with Gasteiger partial charge in [-0.1, -0.05) is 48.5 Å². The van der Waals surface area contributed by atoms with Gasteiger partial charge < -0.3 is 15.3 Å². The first kappa shape index (κ1) is 28.9. The number of rotatable bonds is 6. The smallest absolute Gasteiger partial charge is 0.407 e. The fourth-order valence-corrected chi connectivity index (χ4v) is 5.93. The molecule has 1 saturated heterocycles. The number of para-hydroxylation sites is 1. The number of H-pyrrole nitrogens is 1. The molecule has 1 fully saturated rings. The molecule has 3 N–H and O–H groups in total. The molecule has 3 aromatic carbocycles. The Hall–Kier alpha value is -5.20. The van der Waals surface area contributed by atoms with Crippen molar-refractivity contribution >= 4 is 39.4 Å². The van der Waals surface area contributed by atoms with Crippen LogP contribution < -0.4 is 10.9 Å². The molecule has 44 heavy (non-hydrogen) atoms. The number of aromatic amines is 1. The molecule has 5 aromatic rings. The van der Waals surface area contributed by atoms with Gasteiger partial charge in [0.2, 0.25) is 0 Å². The minimum absolute atomic E-state index is 0.00629. The number of hydrogen-bond donors (Lipinski definition) is 3. The van der Waals surface area contributed by atoms with Crippen molar-refractivity contribution < 1.29 is 27.9 Å². The molecule has 0 spiro atoms. The van der Waals surface area contributed by atoms with E-state index in [-0.39, 0.29) is 36.7 Å². The SMILES string of the molecule is O=C(Nc1ccc(-c2n[nH]c(=O)c3ccccc23)cc1)c1nn(CC2CCN(C(=O)O)C(CC(F)(F)F)C2)c2ccccc12. The van der Waals surface area contributed by atoms with Gasteiger partial charge in [0.1, 0.15) is 0 Å². The van der Waals surface area contributed by atoms with Crippen molar-refractivity contribution in [2.45, 2.75) is 38.0 Å². The lowest BCUT2D eigenvalue weighted by molar-refractivity contribution is -0.149. The number of amides is 2. The van der Waals surface area contributed by atoms with Crippen LogP contribution in [0.5, 0.6) is 0 Å². The van der Waals surface area contributed by atoms with Gasteiger partial charge in [0.05, 0.1) is 23.0 Å². The summed E-state index contributed by atoms with van der Waals surface area (Å²) in [6.07, 6.45) is -6.66. The Balaban J connectivity index is 1.21. The standard InChI is InChI=1S/C31H27F3N6O4/c32-31(33,34)16-21-15-18(13-14-39(21)30(43)44)17-40-25-8-4-3-7-24(25)27(38-40)29(42)35-20-11-9-19(10-12-20)26-22-5-1-2-6-23(22)28(41)37-36-26/h1-12,18,21H,13-17H2,(H,35,42)(H,37,41)(H,43,44). The van der Waals surface area contributed by atoms with E-state index in [1.54, 1.807) is 65.3 Å². The predicted molar refractivity (Wildman–Crippen MR) is 157 cm³/mol. The monoisotopic (exact) mass is 604 g/mol. The van der Waals surface area contributed by atoms with Crippen molar-refractivity contribution in [1.29, 1.82) is 0 Å². The highest BCUT2D eigenvalue weighted by molar-refractivity contribution is 6.11. The van der Waals surface area contributed by atoms with Crippen molar-refractivity contribution in [3.8, 4) is 11.3 Å². The lowest BCUT2D eigenvalue weighted by atomic mass is 9.89. The Morgan fingerprint density at radius 2 is 1.66 bits per heavy atom. The number of likely N-dealkylation sites (tertiary alicyclic amines) is 1. The molecule has 0 aliphatic carbocycles. The third kappa shape index (κ3) is 5.85. The number of carbonyl (C=O) groups is 2. The molecule has 2 unspecified atom stereocenters. The summed E-state index contributed by atoms with van der Waals surface area (Å²) in [6.45, 7) is 0.234. The number of alkyl halides is 3. The van der Waals surface area contributed by atoms with Crippen LogP contribution in [0, 0.1) is 5.92 Å². The van der Waals surface area contributed by atoms with Crippen LogP contribution in [0.2, 0.25) is 0 Å². The maximum Gasteiger partial charge on any atom is 0.407 e. The zero-order valence-corrected chi connectivity index (χ0v) is 23.2. The lowest BCUT2D eigenvalue weighted by Crippen LogP contribution is -2.48. The summed E-state index contributed by atoms with van der Waals surface area (Å²) in [5.41, 5.74) is 2.36. The van der Waals surface area contributed by atoms with E-state index in [9.17, 15) is 32.7 Å². The van der Waals surface area contributed by atoms with Gasteiger partial charge in [0.15, 0.2) is 5.69 Å². The number of piperidine rings is 1. The summed E-state index contributed by atoms with van der Waals surface area (Å²) in [5, 5.41) is 25.3. The number of nitrogens with zero attached hydrogens (tertiary/aromatic N) is 4. The number of benzene rings is 3. The maximum absolute atomic E-state index is 13.4. The molecule has 2 atom stereocenters. The first-order valence-electron chi connectivity index (χ1n) is 14.0. The highest BCUT2D eigenvalue weighted by Crippen LogP contribution is 2.33. The van der Waals surface area contributed by atoms with Crippen LogP contribution in [0.15, 0.2) is 77.6 Å². The molecule has 1 aliphatic rings. The summed E-state index contributed by atoms with van der Waals surface area (Å²) in [4.78, 5) is 38.0. The van der Waals surface area contributed by atoms with Gasteiger partial charge in [0, 0.05) is 41.2 Å². The summed E-state index contributed by atoms with van der Waals surface area (Å²) >= 11 is 0. The molecule has 0 saturated carbocycles. The molecular formula is C31H27F3N6O4. The fraction of sp³-hybridized carbons (Fsp3) is 0.258. The molecule has 1 aliphatic heterocycles. The Bertz CT molecular complexity index is 1920. The minimum atomic E-state index is -4.49. The normalized spacial score (nSPS) is 17.2. The second-order valence-electron chi connectivity index (χ2n) is 10.9. The van der Waals surface area contributed by atoms with E-state index >= 15 is 0 Å². The van der Waals surface area contributed by atoms with E-state index in [0.717, 1.165) is 10.5 Å². The average molecular weight is 605 g/mol. The van der Waals surface area contributed by atoms with E-state index in [0.29, 0.717) is 39.5 Å². The predicted octanol–water partition coefficient (Wildman–Crippen LogP) is 5.90. The van der Waals surface area contributed by atoms with E-state index in [2.05, 4.69) is 20.6 Å². The number of hydrogen-bond acceptors (Lipinski definition) is 5. The van der Waals surface area contributed by atoms with Gasteiger partial charge in [-0.2, -0.15) is 23.4 Å². The number of carbonyl (C=O) groups excluding carboxylic acids is 1. The molecule has 226 valence electrons. The van der Waals surface area contributed by atoms with Crippen molar-refractivity contribution in [2.24, 2.45) is 5.92 Å². The molecule has 2 aromatic heterocycles. The van der Waals surface area contributed by atoms with Crippen molar-refractivity contribution in [1.82, 2.24) is 24.9 Å².